The minimum Gasteiger partial charge on any atom is -0.450 e. The largest absolute Gasteiger partial charge is 0.450 e. The summed E-state index contributed by atoms with van der Waals surface area (Å²) in [5.41, 5.74) is 3.72. The second-order valence-electron chi connectivity index (χ2n) is 6.42. The van der Waals surface area contributed by atoms with E-state index in [4.69, 9.17) is 4.42 Å². The number of rotatable bonds is 3. The van der Waals surface area contributed by atoms with Crippen molar-refractivity contribution in [3.8, 4) is 0 Å². The monoisotopic (exact) mass is 335 g/mol. The molecule has 1 saturated heterocycles. The number of aryl methyl sites for hydroxylation is 3. The van der Waals surface area contributed by atoms with E-state index >= 15 is 0 Å². The van der Waals surface area contributed by atoms with Crippen LogP contribution in [0, 0.1) is 26.7 Å². The normalized spacial score (nSPS) is 20.0. The second kappa shape index (κ2) is 5.67. The average molecular weight is 335 g/mol. The topological polar surface area (TPSA) is 76.4 Å². The zero-order valence-electron chi connectivity index (χ0n) is 13.6. The molecule has 0 spiro atoms. The van der Waals surface area contributed by atoms with Crippen LogP contribution in [0.25, 0.3) is 11.0 Å². The van der Waals surface area contributed by atoms with Gasteiger partial charge < -0.3 is 9.73 Å². The van der Waals surface area contributed by atoms with Crippen molar-refractivity contribution in [2.75, 3.05) is 18.1 Å². The number of carbonyl (C=O) groups is 1. The fraction of sp³-hybridized carbons (Fsp3) is 0.471. The minimum atomic E-state index is -2.92. The smallest absolute Gasteiger partial charge is 0.287 e. The maximum absolute atomic E-state index is 12.4. The van der Waals surface area contributed by atoms with Crippen molar-refractivity contribution in [1.29, 1.82) is 0 Å². The van der Waals surface area contributed by atoms with Crippen LogP contribution < -0.4 is 5.32 Å². The van der Waals surface area contributed by atoms with Gasteiger partial charge >= 0.3 is 0 Å². The van der Waals surface area contributed by atoms with Gasteiger partial charge in [-0.25, -0.2) is 8.42 Å². The Morgan fingerprint density at radius 2 is 2.00 bits per heavy atom. The number of benzene rings is 1. The molecular formula is C17H21NO4S. The van der Waals surface area contributed by atoms with Crippen LogP contribution in [0.4, 0.5) is 0 Å². The molecule has 1 fully saturated rings. The first-order valence-corrected chi connectivity index (χ1v) is 9.58. The van der Waals surface area contributed by atoms with Gasteiger partial charge in [0.05, 0.1) is 11.5 Å². The predicted octanol–water partition coefficient (Wildman–Crippen LogP) is 2.52. The predicted molar refractivity (Wildman–Crippen MR) is 89.5 cm³/mol. The zero-order chi connectivity index (χ0) is 16.8. The Morgan fingerprint density at radius 3 is 2.65 bits per heavy atom. The lowest BCUT2D eigenvalue weighted by molar-refractivity contribution is 0.0922. The lowest BCUT2D eigenvalue weighted by atomic mass is 10.0. The summed E-state index contributed by atoms with van der Waals surface area (Å²) in [6, 6.07) is 3.99. The van der Waals surface area contributed by atoms with Gasteiger partial charge in [0.2, 0.25) is 0 Å². The summed E-state index contributed by atoms with van der Waals surface area (Å²) in [7, 11) is -2.92. The molecule has 1 aromatic heterocycles. The van der Waals surface area contributed by atoms with Gasteiger partial charge in [0.15, 0.2) is 15.6 Å². The van der Waals surface area contributed by atoms with Gasteiger partial charge in [-0.3, -0.25) is 4.79 Å². The van der Waals surface area contributed by atoms with Gasteiger partial charge in [-0.1, -0.05) is 12.1 Å². The Balaban J connectivity index is 1.79. The Bertz CT molecular complexity index is 880. The van der Waals surface area contributed by atoms with E-state index < -0.39 is 9.84 Å². The van der Waals surface area contributed by atoms with E-state index in [2.05, 4.69) is 5.32 Å². The molecule has 23 heavy (non-hydrogen) atoms. The summed E-state index contributed by atoms with van der Waals surface area (Å²) in [4.78, 5) is 12.4. The van der Waals surface area contributed by atoms with E-state index in [9.17, 15) is 13.2 Å². The van der Waals surface area contributed by atoms with Gasteiger partial charge in [0.1, 0.15) is 5.58 Å². The molecule has 5 nitrogen and oxygen atoms in total. The molecule has 1 atom stereocenters. The lowest BCUT2D eigenvalue weighted by Gasteiger charge is -2.08. The first-order chi connectivity index (χ1) is 10.8. The maximum atomic E-state index is 12.4. The third-order valence-electron chi connectivity index (χ3n) is 4.71. The van der Waals surface area contributed by atoms with Gasteiger partial charge in [-0.15, -0.1) is 0 Å². The summed E-state index contributed by atoms with van der Waals surface area (Å²) < 4.78 is 28.7. The second-order valence-corrected chi connectivity index (χ2v) is 8.65. The Kier molecular flexibility index (Phi) is 3.96. The molecule has 6 heteroatoms. The minimum absolute atomic E-state index is 0.00221. The Labute approximate surface area is 136 Å². The fourth-order valence-corrected chi connectivity index (χ4v) is 4.95. The molecule has 124 valence electrons. The quantitative estimate of drug-likeness (QED) is 0.935. The number of sulfone groups is 1. The SMILES string of the molecule is Cc1ccc2c(C)c(C(=O)NC[C@@H]3CCS(=O)(=O)C3)oc2c1C. The van der Waals surface area contributed by atoms with Crippen molar-refractivity contribution in [2.45, 2.75) is 27.2 Å². The highest BCUT2D eigenvalue weighted by Gasteiger charge is 2.28. The summed E-state index contributed by atoms with van der Waals surface area (Å²) >= 11 is 0. The van der Waals surface area contributed by atoms with Crippen LogP contribution in [0.15, 0.2) is 16.5 Å². The van der Waals surface area contributed by atoms with Gasteiger partial charge in [0.25, 0.3) is 5.91 Å². The van der Waals surface area contributed by atoms with E-state index in [0.717, 1.165) is 27.7 Å². The molecule has 1 aromatic carbocycles. The number of fused-ring (bicyclic) bond motifs is 1. The molecule has 0 unspecified atom stereocenters. The number of hydrogen-bond acceptors (Lipinski definition) is 4. The van der Waals surface area contributed by atoms with Crippen molar-refractivity contribution in [2.24, 2.45) is 5.92 Å². The van der Waals surface area contributed by atoms with Crippen LogP contribution >= 0.6 is 0 Å². The maximum Gasteiger partial charge on any atom is 0.287 e. The summed E-state index contributed by atoms with van der Waals surface area (Å²) in [6.07, 6.45) is 0.611. The van der Waals surface area contributed by atoms with E-state index in [1.807, 2.05) is 32.9 Å². The first kappa shape index (κ1) is 16.1. The molecule has 0 saturated carbocycles. The van der Waals surface area contributed by atoms with Crippen LogP contribution in [0.3, 0.4) is 0 Å². The standard InChI is InChI=1S/C17H21NO4S/c1-10-4-5-14-12(3)16(22-15(14)11(10)2)17(19)18-8-13-6-7-23(20,21)9-13/h4-5,13H,6-9H2,1-3H3,(H,18,19)/t13-/m0/s1. The van der Waals surface area contributed by atoms with E-state index in [0.29, 0.717) is 18.7 Å². The molecule has 1 aliphatic rings. The van der Waals surface area contributed by atoms with Crippen LogP contribution in [0.1, 0.15) is 33.7 Å². The molecule has 3 rings (SSSR count). The van der Waals surface area contributed by atoms with E-state index in [-0.39, 0.29) is 23.3 Å². The Hall–Kier alpha value is -1.82. The van der Waals surface area contributed by atoms with Crippen LogP contribution in [0.2, 0.25) is 0 Å². The highest BCUT2D eigenvalue weighted by atomic mass is 32.2. The van der Waals surface area contributed by atoms with E-state index in [1.165, 1.54) is 0 Å². The van der Waals surface area contributed by atoms with Gasteiger partial charge in [-0.05, 0) is 44.2 Å². The number of furan rings is 1. The number of amides is 1. The summed E-state index contributed by atoms with van der Waals surface area (Å²) in [5, 5.41) is 3.76. The third-order valence-corrected chi connectivity index (χ3v) is 6.55. The number of carbonyl (C=O) groups excluding carboxylic acids is 1. The lowest BCUT2D eigenvalue weighted by Crippen LogP contribution is -2.29. The molecule has 2 aromatic rings. The van der Waals surface area contributed by atoms with Crippen molar-refractivity contribution in [1.82, 2.24) is 5.32 Å². The molecule has 0 bridgehead atoms. The number of hydrogen-bond donors (Lipinski definition) is 1. The molecule has 0 aliphatic carbocycles. The average Bonchev–Trinajstić information content (AvgIpc) is 3.01. The molecular weight excluding hydrogens is 314 g/mol. The number of nitrogens with one attached hydrogen (secondary N) is 1. The van der Waals surface area contributed by atoms with Crippen LogP contribution in [0.5, 0.6) is 0 Å². The summed E-state index contributed by atoms with van der Waals surface area (Å²) in [5.74, 6) is 0.410. The molecule has 0 radical (unpaired) electrons. The summed E-state index contributed by atoms with van der Waals surface area (Å²) in [6.45, 7) is 6.22. The highest BCUT2D eigenvalue weighted by molar-refractivity contribution is 7.91. The van der Waals surface area contributed by atoms with E-state index in [1.54, 1.807) is 0 Å². The zero-order valence-corrected chi connectivity index (χ0v) is 14.4. The van der Waals surface area contributed by atoms with Crippen molar-refractivity contribution < 1.29 is 17.6 Å². The first-order valence-electron chi connectivity index (χ1n) is 7.76. The molecule has 2 heterocycles. The van der Waals surface area contributed by atoms with Crippen molar-refractivity contribution in [3.63, 3.8) is 0 Å². The Morgan fingerprint density at radius 1 is 1.26 bits per heavy atom. The third kappa shape index (κ3) is 3.00. The highest BCUT2D eigenvalue weighted by Crippen LogP contribution is 2.29. The molecule has 1 amide bonds. The fourth-order valence-electron chi connectivity index (χ4n) is 3.08. The van der Waals surface area contributed by atoms with Crippen LogP contribution in [-0.4, -0.2) is 32.4 Å². The van der Waals surface area contributed by atoms with Crippen molar-refractivity contribution in [3.05, 3.63) is 34.6 Å². The van der Waals surface area contributed by atoms with Crippen molar-refractivity contribution >= 4 is 26.7 Å². The van der Waals surface area contributed by atoms with Gasteiger partial charge in [-0.2, -0.15) is 0 Å². The van der Waals surface area contributed by atoms with Crippen LogP contribution in [-0.2, 0) is 9.84 Å². The molecule has 1 N–H and O–H groups in total. The molecule has 1 aliphatic heterocycles. The van der Waals surface area contributed by atoms with Gasteiger partial charge in [0, 0.05) is 17.5 Å².